The van der Waals surface area contributed by atoms with Crippen LogP contribution in [-0.2, 0) is 14.3 Å². The number of carbonyl (C=O) groups is 2. The Labute approximate surface area is 156 Å². The van der Waals surface area contributed by atoms with Crippen LogP contribution in [0.5, 0.6) is 0 Å². The van der Waals surface area contributed by atoms with Crippen molar-refractivity contribution in [3.63, 3.8) is 0 Å². The normalized spacial score (nSPS) is 12.5. The van der Waals surface area contributed by atoms with Crippen LogP contribution in [0.3, 0.4) is 0 Å². The number of H-pyrrole nitrogens is 1. The van der Waals surface area contributed by atoms with Crippen molar-refractivity contribution in [2.75, 3.05) is 18.1 Å². The molecule has 26 heavy (non-hydrogen) atoms. The summed E-state index contributed by atoms with van der Waals surface area (Å²) in [6.45, 7) is 5.76. The number of nitrogens with two attached hydrogens (primary N) is 1. The minimum absolute atomic E-state index is 0.0503. The van der Waals surface area contributed by atoms with E-state index in [0.29, 0.717) is 18.5 Å². The Hall–Kier alpha value is -2.16. The van der Waals surface area contributed by atoms with Crippen LogP contribution in [0.2, 0.25) is 0 Å². The maximum Gasteiger partial charge on any atom is 0.316 e. The zero-order chi connectivity index (χ0) is 19.1. The summed E-state index contributed by atoms with van der Waals surface area (Å²) in [6.07, 6.45) is 3.46. The third-order valence-corrected chi connectivity index (χ3v) is 4.94. The molecule has 8 nitrogen and oxygen atoms in total. The number of anilines is 1. The van der Waals surface area contributed by atoms with Crippen molar-refractivity contribution >= 4 is 40.6 Å². The Morgan fingerprint density at radius 3 is 2.77 bits per heavy atom. The summed E-state index contributed by atoms with van der Waals surface area (Å²) in [5.41, 5.74) is 7.00. The number of hydrogen-bond donors (Lipinski definition) is 2. The summed E-state index contributed by atoms with van der Waals surface area (Å²) >= 11 is 1.54. The molecule has 0 radical (unpaired) electrons. The zero-order valence-corrected chi connectivity index (χ0v) is 16.1. The molecule has 3 N–H and O–H groups in total. The van der Waals surface area contributed by atoms with Gasteiger partial charge in [0.25, 0.3) is 0 Å². The maximum atomic E-state index is 12.4. The molecule has 0 fully saturated rings. The van der Waals surface area contributed by atoms with E-state index in [1.165, 1.54) is 0 Å². The van der Waals surface area contributed by atoms with Gasteiger partial charge in [0.1, 0.15) is 22.2 Å². The predicted molar refractivity (Wildman–Crippen MR) is 101 cm³/mol. The molecule has 9 heteroatoms. The number of ketones is 1. The number of nitrogens with zero attached hydrogens (tertiary/aromatic N) is 3. The van der Waals surface area contributed by atoms with E-state index >= 15 is 0 Å². The fourth-order valence-electron chi connectivity index (χ4n) is 2.66. The lowest BCUT2D eigenvalue weighted by molar-refractivity contribution is -0.153. The number of Topliss-reactive ketones (excluding diaryl/α,β-unsaturated/α-hetero) is 1. The van der Waals surface area contributed by atoms with Gasteiger partial charge < -0.3 is 15.5 Å². The van der Waals surface area contributed by atoms with Gasteiger partial charge in [-0.1, -0.05) is 13.8 Å². The predicted octanol–water partition coefficient (Wildman–Crippen LogP) is 2.60. The van der Waals surface area contributed by atoms with Crippen LogP contribution in [0.1, 0.15) is 40.0 Å². The van der Waals surface area contributed by atoms with E-state index in [1.54, 1.807) is 25.0 Å². The summed E-state index contributed by atoms with van der Waals surface area (Å²) in [5, 5.41) is 0.753. The van der Waals surface area contributed by atoms with Crippen molar-refractivity contribution in [1.82, 2.24) is 19.9 Å². The van der Waals surface area contributed by atoms with Gasteiger partial charge in [0.2, 0.25) is 5.95 Å². The minimum atomic E-state index is -0.672. The van der Waals surface area contributed by atoms with Crippen molar-refractivity contribution in [1.29, 1.82) is 0 Å². The second-order valence-electron chi connectivity index (χ2n) is 6.23. The molecule has 2 heterocycles. The number of aromatic amines is 1. The first-order chi connectivity index (χ1) is 12.4. The standard InChI is InChI=1S/C17H25N5O3S/c1-4-25-16(24)12(10(2)3)11(23)7-5-6-8-26-15-13-14(20-9-19-13)21-17(18)22-15/h9-10,12H,4-8H2,1-3H3,(H3,18,19,20,21,22)/t12-/m1/s1. The maximum absolute atomic E-state index is 12.4. The lowest BCUT2D eigenvalue weighted by atomic mass is 9.89. The summed E-state index contributed by atoms with van der Waals surface area (Å²) < 4.78 is 5.02. The number of nitrogens with one attached hydrogen (secondary N) is 1. The van der Waals surface area contributed by atoms with Crippen LogP contribution >= 0.6 is 11.8 Å². The minimum Gasteiger partial charge on any atom is -0.465 e. The highest BCUT2D eigenvalue weighted by molar-refractivity contribution is 7.99. The van der Waals surface area contributed by atoms with Crippen LogP contribution in [0.15, 0.2) is 11.4 Å². The van der Waals surface area contributed by atoms with Crippen molar-refractivity contribution < 1.29 is 14.3 Å². The number of nitrogen functional groups attached to an aromatic ring is 1. The average Bonchev–Trinajstić information content (AvgIpc) is 3.02. The van der Waals surface area contributed by atoms with Crippen molar-refractivity contribution in [2.24, 2.45) is 11.8 Å². The van der Waals surface area contributed by atoms with Crippen LogP contribution in [-0.4, -0.2) is 44.0 Å². The number of ether oxygens (including phenoxy) is 1. The molecular weight excluding hydrogens is 354 g/mol. The number of carbonyl (C=O) groups excluding carboxylic acids is 2. The van der Waals surface area contributed by atoms with Gasteiger partial charge in [-0.05, 0) is 31.4 Å². The molecule has 0 aliphatic carbocycles. The molecule has 142 valence electrons. The lowest BCUT2D eigenvalue weighted by Crippen LogP contribution is -2.30. The van der Waals surface area contributed by atoms with E-state index in [1.807, 2.05) is 13.8 Å². The molecular formula is C17H25N5O3S. The summed E-state index contributed by atoms with van der Waals surface area (Å²) in [6, 6.07) is 0. The molecule has 0 saturated heterocycles. The SMILES string of the molecule is CCOC(=O)[C@@H](C(=O)CCCCSc1nc(N)nc2nc[nH]c12)C(C)C. The van der Waals surface area contributed by atoms with Crippen LogP contribution in [0.25, 0.3) is 11.2 Å². The number of hydrogen-bond acceptors (Lipinski definition) is 8. The van der Waals surface area contributed by atoms with Gasteiger partial charge in [-0.2, -0.15) is 4.98 Å². The fraction of sp³-hybridized carbons (Fsp3) is 0.588. The molecule has 0 aliphatic rings. The van der Waals surface area contributed by atoms with Gasteiger partial charge in [0, 0.05) is 6.42 Å². The van der Waals surface area contributed by atoms with E-state index in [9.17, 15) is 9.59 Å². The average molecular weight is 379 g/mol. The van der Waals surface area contributed by atoms with Gasteiger partial charge in [-0.15, -0.1) is 11.8 Å². The lowest BCUT2D eigenvalue weighted by Gasteiger charge is -2.17. The van der Waals surface area contributed by atoms with Gasteiger partial charge in [0.05, 0.1) is 12.9 Å². The van der Waals surface area contributed by atoms with Crippen molar-refractivity contribution in [2.45, 2.75) is 45.1 Å². The number of fused-ring (bicyclic) bond motifs is 1. The molecule has 1 atom stereocenters. The Bertz CT molecular complexity index is 762. The zero-order valence-electron chi connectivity index (χ0n) is 15.3. The Morgan fingerprint density at radius 2 is 2.08 bits per heavy atom. The quantitative estimate of drug-likeness (QED) is 0.212. The van der Waals surface area contributed by atoms with Gasteiger partial charge in [-0.3, -0.25) is 9.59 Å². The number of thioether (sulfide) groups is 1. The molecule has 0 bridgehead atoms. The Kier molecular flexibility index (Phi) is 7.38. The molecule has 0 unspecified atom stereocenters. The van der Waals surface area contributed by atoms with E-state index < -0.39 is 11.9 Å². The monoisotopic (exact) mass is 379 g/mol. The topological polar surface area (TPSA) is 124 Å². The van der Waals surface area contributed by atoms with E-state index in [0.717, 1.165) is 22.7 Å². The van der Waals surface area contributed by atoms with E-state index in [4.69, 9.17) is 10.5 Å². The number of esters is 1. The van der Waals surface area contributed by atoms with Gasteiger partial charge in [0.15, 0.2) is 5.65 Å². The molecule has 2 rings (SSSR count). The number of rotatable bonds is 10. The Morgan fingerprint density at radius 1 is 1.31 bits per heavy atom. The van der Waals surface area contributed by atoms with Crippen LogP contribution in [0, 0.1) is 11.8 Å². The number of unbranched alkanes of at least 4 members (excludes halogenated alkanes) is 1. The Balaban J connectivity index is 1.81. The van der Waals surface area contributed by atoms with Crippen molar-refractivity contribution in [3.05, 3.63) is 6.33 Å². The molecule has 0 aromatic carbocycles. The molecule has 0 aliphatic heterocycles. The first-order valence-electron chi connectivity index (χ1n) is 8.72. The molecule has 0 saturated carbocycles. The van der Waals surface area contributed by atoms with Gasteiger partial charge in [-0.25, -0.2) is 9.97 Å². The second kappa shape index (κ2) is 9.51. The first kappa shape index (κ1) is 20.2. The van der Waals surface area contributed by atoms with Crippen LogP contribution < -0.4 is 5.73 Å². The van der Waals surface area contributed by atoms with E-state index in [-0.39, 0.29) is 24.3 Å². The number of imidazole rings is 1. The smallest absolute Gasteiger partial charge is 0.316 e. The first-order valence-corrected chi connectivity index (χ1v) is 9.71. The highest BCUT2D eigenvalue weighted by Gasteiger charge is 2.30. The largest absolute Gasteiger partial charge is 0.465 e. The summed E-state index contributed by atoms with van der Waals surface area (Å²) in [5.74, 6) is -0.228. The van der Waals surface area contributed by atoms with Crippen molar-refractivity contribution in [3.8, 4) is 0 Å². The fourth-order valence-corrected chi connectivity index (χ4v) is 3.65. The number of aromatic nitrogens is 4. The van der Waals surface area contributed by atoms with Crippen LogP contribution in [0.4, 0.5) is 5.95 Å². The highest BCUT2D eigenvalue weighted by Crippen LogP contribution is 2.25. The molecule has 0 spiro atoms. The van der Waals surface area contributed by atoms with Gasteiger partial charge >= 0.3 is 5.97 Å². The molecule has 0 amide bonds. The summed E-state index contributed by atoms with van der Waals surface area (Å²) in [4.78, 5) is 39.7. The third-order valence-electron chi connectivity index (χ3n) is 3.88. The van der Waals surface area contributed by atoms with E-state index in [2.05, 4.69) is 19.9 Å². The summed E-state index contributed by atoms with van der Waals surface area (Å²) in [7, 11) is 0. The third kappa shape index (κ3) is 5.17. The second-order valence-corrected chi connectivity index (χ2v) is 7.32. The molecule has 2 aromatic rings. The highest BCUT2D eigenvalue weighted by atomic mass is 32.2. The molecule has 2 aromatic heterocycles.